The quantitative estimate of drug-likeness (QED) is 0.726. The van der Waals surface area contributed by atoms with Crippen molar-refractivity contribution < 1.29 is 9.47 Å². The van der Waals surface area contributed by atoms with Gasteiger partial charge in [-0.3, -0.25) is 9.88 Å². The smallest absolute Gasteiger partial charge is 0.169 e. The maximum atomic E-state index is 6.19. The lowest BCUT2D eigenvalue weighted by Gasteiger charge is -2.33. The minimum atomic E-state index is -0.303. The molecule has 1 saturated heterocycles. The molecule has 0 spiro atoms. The molecule has 5 nitrogen and oxygen atoms in total. The van der Waals surface area contributed by atoms with Crippen LogP contribution in [0.5, 0.6) is 11.5 Å². The van der Waals surface area contributed by atoms with Crippen LogP contribution in [0.2, 0.25) is 0 Å². The van der Waals surface area contributed by atoms with E-state index in [0.717, 1.165) is 55.2 Å². The van der Waals surface area contributed by atoms with Gasteiger partial charge in [0.1, 0.15) is 5.60 Å². The van der Waals surface area contributed by atoms with Crippen LogP contribution in [0, 0.1) is 6.92 Å². The van der Waals surface area contributed by atoms with E-state index >= 15 is 0 Å². The first-order valence-corrected chi connectivity index (χ1v) is 11.0. The molecule has 0 amide bonds. The summed E-state index contributed by atoms with van der Waals surface area (Å²) >= 11 is 0. The molecule has 30 heavy (non-hydrogen) atoms. The van der Waals surface area contributed by atoms with Crippen molar-refractivity contribution in [2.45, 2.75) is 58.7 Å². The zero-order valence-electron chi connectivity index (χ0n) is 18.6. The zero-order valence-corrected chi connectivity index (χ0v) is 18.6. The average molecular weight is 408 g/mol. The third kappa shape index (κ3) is 4.96. The molecule has 0 saturated carbocycles. The largest absolute Gasteiger partial charge is 0.490 e. The summed E-state index contributed by atoms with van der Waals surface area (Å²) in [5, 5.41) is 3.67. The summed E-state index contributed by atoms with van der Waals surface area (Å²) in [6.45, 7) is 11.9. The van der Waals surface area contributed by atoms with Gasteiger partial charge >= 0.3 is 0 Å². The second kappa shape index (κ2) is 8.68. The molecule has 1 aromatic heterocycles. The maximum Gasteiger partial charge on any atom is 0.169 e. The number of anilines is 1. The highest BCUT2D eigenvalue weighted by Crippen LogP contribution is 2.40. The molecule has 3 heterocycles. The highest BCUT2D eigenvalue weighted by molar-refractivity contribution is 5.66. The van der Waals surface area contributed by atoms with Crippen LogP contribution in [0.15, 0.2) is 36.5 Å². The van der Waals surface area contributed by atoms with Crippen LogP contribution in [-0.2, 0) is 6.54 Å². The summed E-state index contributed by atoms with van der Waals surface area (Å²) in [6.07, 6.45) is 8.44. The third-order valence-electron chi connectivity index (χ3n) is 5.73. The van der Waals surface area contributed by atoms with Gasteiger partial charge in [-0.2, -0.15) is 0 Å². The summed E-state index contributed by atoms with van der Waals surface area (Å²) < 4.78 is 12.1. The molecule has 1 aromatic carbocycles. The van der Waals surface area contributed by atoms with E-state index in [4.69, 9.17) is 9.47 Å². The van der Waals surface area contributed by atoms with Crippen LogP contribution >= 0.6 is 0 Å². The number of hydrogen-bond acceptors (Lipinski definition) is 5. The lowest BCUT2D eigenvalue weighted by molar-refractivity contribution is 0.149. The van der Waals surface area contributed by atoms with Gasteiger partial charge in [-0.1, -0.05) is 6.08 Å². The number of fused-ring (bicyclic) bond motifs is 1. The lowest BCUT2D eigenvalue weighted by atomic mass is 9.99. The minimum Gasteiger partial charge on any atom is -0.490 e. The standard InChI is InChI=1S/C25H33N3O2/c1-5-29-23-16-19(15-20-6-10-25(3,4)30-24(20)23)17-28-12-8-21(9-13-28)27-22-7-11-26-18(2)14-22/h6-7,10-11,14-16,21H,5,8-9,12-13,17H2,1-4H3,(H,26,27). The van der Waals surface area contributed by atoms with Gasteiger partial charge in [0.25, 0.3) is 0 Å². The van der Waals surface area contributed by atoms with E-state index in [-0.39, 0.29) is 5.60 Å². The van der Waals surface area contributed by atoms with Gasteiger partial charge in [-0.15, -0.1) is 0 Å². The Hall–Kier alpha value is -2.53. The third-order valence-corrected chi connectivity index (χ3v) is 5.73. The van der Waals surface area contributed by atoms with Crippen molar-refractivity contribution in [2.75, 3.05) is 25.0 Å². The molecule has 0 radical (unpaired) electrons. The Morgan fingerprint density at radius 1 is 1.23 bits per heavy atom. The molecule has 0 unspecified atom stereocenters. The van der Waals surface area contributed by atoms with Gasteiger partial charge in [0.05, 0.1) is 6.61 Å². The number of benzene rings is 1. The summed E-state index contributed by atoms with van der Waals surface area (Å²) in [5.74, 6) is 1.72. The molecule has 0 bridgehead atoms. The van der Waals surface area contributed by atoms with Crippen molar-refractivity contribution in [3.05, 3.63) is 53.4 Å². The predicted octanol–water partition coefficient (Wildman–Crippen LogP) is 5.05. The number of hydrogen-bond donors (Lipinski definition) is 1. The summed E-state index contributed by atoms with van der Waals surface area (Å²) in [5.41, 5.74) is 4.31. The van der Waals surface area contributed by atoms with E-state index in [0.29, 0.717) is 12.6 Å². The van der Waals surface area contributed by atoms with Crippen LogP contribution in [-0.4, -0.2) is 41.2 Å². The van der Waals surface area contributed by atoms with E-state index in [1.807, 2.05) is 20.0 Å². The molecular weight excluding hydrogens is 374 g/mol. The van der Waals surface area contributed by atoms with Crippen molar-refractivity contribution >= 4 is 11.8 Å². The molecule has 0 atom stereocenters. The number of likely N-dealkylation sites (tertiary alicyclic amines) is 1. The Morgan fingerprint density at radius 2 is 2.03 bits per heavy atom. The van der Waals surface area contributed by atoms with Crippen LogP contribution < -0.4 is 14.8 Å². The van der Waals surface area contributed by atoms with Gasteiger partial charge in [-0.25, -0.2) is 0 Å². The molecule has 1 fully saturated rings. The first kappa shape index (κ1) is 20.7. The molecule has 2 aliphatic rings. The molecule has 4 rings (SSSR count). The Bertz CT molecular complexity index is 915. The number of nitrogens with one attached hydrogen (secondary N) is 1. The summed E-state index contributed by atoms with van der Waals surface area (Å²) in [7, 11) is 0. The van der Waals surface area contributed by atoms with E-state index < -0.39 is 0 Å². The number of nitrogens with zero attached hydrogens (tertiary/aromatic N) is 2. The summed E-state index contributed by atoms with van der Waals surface area (Å²) in [4.78, 5) is 6.81. The molecular formula is C25H33N3O2. The zero-order chi connectivity index (χ0) is 21.1. The van der Waals surface area contributed by atoms with Crippen molar-refractivity contribution in [2.24, 2.45) is 0 Å². The van der Waals surface area contributed by atoms with Crippen molar-refractivity contribution in [1.82, 2.24) is 9.88 Å². The van der Waals surface area contributed by atoms with Crippen LogP contribution in [0.1, 0.15) is 50.4 Å². The fourth-order valence-corrected chi connectivity index (χ4v) is 4.22. The van der Waals surface area contributed by atoms with E-state index in [1.54, 1.807) is 0 Å². The molecule has 1 N–H and O–H groups in total. The Balaban J connectivity index is 1.40. The minimum absolute atomic E-state index is 0.303. The second-order valence-corrected chi connectivity index (χ2v) is 8.86. The number of pyridine rings is 1. The molecule has 2 aliphatic heterocycles. The van der Waals surface area contributed by atoms with E-state index in [2.05, 4.69) is 65.5 Å². The lowest BCUT2D eigenvalue weighted by Crippen LogP contribution is -2.38. The topological polar surface area (TPSA) is 46.6 Å². The van der Waals surface area contributed by atoms with Gasteiger partial charge in [0.2, 0.25) is 0 Å². The van der Waals surface area contributed by atoms with Crippen LogP contribution in [0.3, 0.4) is 0 Å². The van der Waals surface area contributed by atoms with Gasteiger partial charge in [0, 0.05) is 48.8 Å². The highest BCUT2D eigenvalue weighted by Gasteiger charge is 2.26. The Morgan fingerprint density at radius 3 is 2.77 bits per heavy atom. The van der Waals surface area contributed by atoms with Gasteiger partial charge in [-0.05, 0) is 76.4 Å². The SMILES string of the molecule is CCOc1cc(CN2CCC(Nc3ccnc(C)c3)CC2)cc2c1OC(C)(C)C=C2. The van der Waals surface area contributed by atoms with E-state index in [9.17, 15) is 0 Å². The number of aryl methyl sites for hydroxylation is 1. The first-order chi connectivity index (χ1) is 14.4. The number of rotatable bonds is 6. The average Bonchev–Trinajstić information content (AvgIpc) is 2.70. The summed E-state index contributed by atoms with van der Waals surface area (Å²) in [6, 6.07) is 9.09. The van der Waals surface area contributed by atoms with Crippen LogP contribution in [0.25, 0.3) is 6.08 Å². The predicted molar refractivity (Wildman–Crippen MR) is 122 cm³/mol. The first-order valence-electron chi connectivity index (χ1n) is 11.0. The van der Waals surface area contributed by atoms with Crippen molar-refractivity contribution in [3.8, 4) is 11.5 Å². The highest BCUT2D eigenvalue weighted by atomic mass is 16.5. The molecule has 2 aromatic rings. The molecule has 5 heteroatoms. The van der Waals surface area contributed by atoms with Gasteiger partial charge in [0.15, 0.2) is 11.5 Å². The normalized spacial score (nSPS) is 18.5. The molecule has 160 valence electrons. The van der Waals surface area contributed by atoms with Crippen molar-refractivity contribution in [3.63, 3.8) is 0 Å². The number of ether oxygens (including phenoxy) is 2. The van der Waals surface area contributed by atoms with E-state index in [1.165, 1.54) is 11.3 Å². The van der Waals surface area contributed by atoms with Gasteiger partial charge < -0.3 is 14.8 Å². The maximum absolute atomic E-state index is 6.19. The second-order valence-electron chi connectivity index (χ2n) is 8.86. The number of piperidine rings is 1. The Kier molecular flexibility index (Phi) is 6.00. The fraction of sp³-hybridized carbons (Fsp3) is 0.480. The number of aromatic nitrogens is 1. The monoisotopic (exact) mass is 407 g/mol. The van der Waals surface area contributed by atoms with Crippen molar-refractivity contribution in [1.29, 1.82) is 0 Å². The Labute approximate surface area is 180 Å². The fourth-order valence-electron chi connectivity index (χ4n) is 4.22. The molecule has 0 aliphatic carbocycles. The van der Waals surface area contributed by atoms with Crippen LogP contribution in [0.4, 0.5) is 5.69 Å².